The number of aromatic carboxylic acids is 1. The fraction of sp³-hybridized carbons (Fsp3) is 0.538. The van der Waals surface area contributed by atoms with Gasteiger partial charge in [0, 0.05) is 19.2 Å². The quantitative estimate of drug-likeness (QED) is 0.342. The van der Waals surface area contributed by atoms with Crippen molar-refractivity contribution in [3.8, 4) is 0 Å². The topological polar surface area (TPSA) is 102 Å². The number of nitrogens with zero attached hydrogens (tertiary/aromatic N) is 4. The van der Waals surface area contributed by atoms with Crippen LogP contribution in [0.5, 0.6) is 0 Å². The first-order valence-corrected chi connectivity index (χ1v) is 12.5. The van der Waals surface area contributed by atoms with Gasteiger partial charge >= 0.3 is 12.1 Å². The molecule has 2 aromatic heterocycles. The molecule has 1 fully saturated rings. The zero-order chi connectivity index (χ0) is 26.9. The Morgan fingerprint density at radius 1 is 1.14 bits per heavy atom. The number of aromatic nitrogens is 4. The summed E-state index contributed by atoms with van der Waals surface area (Å²) in [6.45, 7) is 8.56. The molecule has 0 amide bonds. The summed E-state index contributed by atoms with van der Waals surface area (Å²) in [6, 6.07) is 4.98. The van der Waals surface area contributed by atoms with E-state index in [-0.39, 0.29) is 30.0 Å². The molecule has 0 radical (unpaired) electrons. The largest absolute Gasteiger partial charge is 0.475 e. The Morgan fingerprint density at radius 3 is 2.35 bits per heavy atom. The second-order valence-corrected chi connectivity index (χ2v) is 10.1. The zero-order valence-electron chi connectivity index (χ0n) is 21.3. The average Bonchev–Trinajstić information content (AvgIpc) is 3.14. The molecule has 200 valence electrons. The Kier molecular flexibility index (Phi) is 7.72. The molecule has 2 atom stereocenters. The van der Waals surface area contributed by atoms with Crippen molar-refractivity contribution < 1.29 is 27.8 Å². The number of fused-ring (bicyclic) bond motifs is 1. The number of ether oxygens (including phenoxy) is 1. The number of alkyl halides is 3. The van der Waals surface area contributed by atoms with Crippen molar-refractivity contribution >= 4 is 23.0 Å². The van der Waals surface area contributed by atoms with E-state index in [0.29, 0.717) is 35.2 Å². The third-order valence-corrected chi connectivity index (χ3v) is 6.71. The predicted octanol–water partition coefficient (Wildman–Crippen LogP) is 5.93. The predicted molar refractivity (Wildman–Crippen MR) is 132 cm³/mol. The minimum Gasteiger partial charge on any atom is -0.475 e. The summed E-state index contributed by atoms with van der Waals surface area (Å²) in [6.07, 6.45) is -1.61. The third-order valence-electron chi connectivity index (χ3n) is 6.71. The standard InChI is InChI=1S/C26H32F3N5O3/c1-14(2)13-37-16(4)24-33-22-20(34(24)12-17-8-10-19(11-9-17)26(27,28)29)21(31-23(32-22)25(35)36)30-15(3)18-6-5-7-18/h8-11,14-16,18H,5-7,12-13H2,1-4H3,(H,35,36)(H,30,31,32). The SMILES string of the molecule is CC(C)COC(C)c1nc2nc(C(=O)O)nc(NC(C)C3CCC3)c2n1Cc1ccc(C(F)(F)F)cc1. The second-order valence-electron chi connectivity index (χ2n) is 10.1. The van der Waals surface area contributed by atoms with Crippen LogP contribution in [0.25, 0.3) is 11.2 Å². The van der Waals surface area contributed by atoms with Crippen LogP contribution < -0.4 is 5.32 Å². The van der Waals surface area contributed by atoms with Crippen molar-refractivity contribution in [2.24, 2.45) is 11.8 Å². The Morgan fingerprint density at radius 2 is 1.81 bits per heavy atom. The maximum Gasteiger partial charge on any atom is 0.416 e. The van der Waals surface area contributed by atoms with E-state index in [1.54, 1.807) is 0 Å². The summed E-state index contributed by atoms with van der Waals surface area (Å²) in [7, 11) is 0. The maximum atomic E-state index is 13.1. The molecular formula is C26H32F3N5O3. The van der Waals surface area contributed by atoms with E-state index < -0.39 is 23.8 Å². The van der Waals surface area contributed by atoms with Gasteiger partial charge in [-0.25, -0.2) is 19.7 Å². The molecule has 1 aliphatic rings. The summed E-state index contributed by atoms with van der Waals surface area (Å²) < 4.78 is 47.1. The van der Waals surface area contributed by atoms with Gasteiger partial charge < -0.3 is 19.7 Å². The van der Waals surface area contributed by atoms with Crippen molar-refractivity contribution in [3.05, 3.63) is 47.0 Å². The maximum absolute atomic E-state index is 13.1. The number of imidazole rings is 1. The fourth-order valence-electron chi connectivity index (χ4n) is 4.39. The monoisotopic (exact) mass is 519 g/mol. The minimum atomic E-state index is -4.43. The highest BCUT2D eigenvalue weighted by molar-refractivity contribution is 5.90. The molecular weight excluding hydrogens is 487 g/mol. The summed E-state index contributed by atoms with van der Waals surface area (Å²) in [4.78, 5) is 24.9. The van der Waals surface area contributed by atoms with Crippen LogP contribution in [0.2, 0.25) is 0 Å². The fourth-order valence-corrected chi connectivity index (χ4v) is 4.39. The highest BCUT2D eigenvalue weighted by Gasteiger charge is 2.31. The molecule has 2 unspecified atom stereocenters. The first-order valence-electron chi connectivity index (χ1n) is 12.5. The molecule has 11 heteroatoms. The lowest BCUT2D eigenvalue weighted by molar-refractivity contribution is -0.137. The number of anilines is 1. The molecule has 1 aromatic carbocycles. The van der Waals surface area contributed by atoms with Gasteiger partial charge in [0.1, 0.15) is 17.4 Å². The van der Waals surface area contributed by atoms with Gasteiger partial charge in [0.05, 0.1) is 5.56 Å². The van der Waals surface area contributed by atoms with Crippen molar-refractivity contribution in [2.45, 2.75) is 71.8 Å². The molecule has 1 aliphatic carbocycles. The minimum absolute atomic E-state index is 0.0426. The number of nitrogens with one attached hydrogen (secondary N) is 1. The van der Waals surface area contributed by atoms with Crippen molar-refractivity contribution in [3.63, 3.8) is 0 Å². The summed E-state index contributed by atoms with van der Waals surface area (Å²) in [5, 5.41) is 13.0. The number of rotatable bonds is 10. The number of halogens is 3. The van der Waals surface area contributed by atoms with E-state index in [9.17, 15) is 23.1 Å². The van der Waals surface area contributed by atoms with Crippen LogP contribution in [0.1, 0.15) is 80.6 Å². The lowest BCUT2D eigenvalue weighted by Crippen LogP contribution is -2.31. The lowest BCUT2D eigenvalue weighted by Gasteiger charge is -2.32. The van der Waals surface area contributed by atoms with Gasteiger partial charge in [-0.1, -0.05) is 32.4 Å². The van der Waals surface area contributed by atoms with E-state index in [1.165, 1.54) is 12.1 Å². The summed E-state index contributed by atoms with van der Waals surface area (Å²) >= 11 is 0. The number of benzene rings is 1. The van der Waals surface area contributed by atoms with Crippen LogP contribution >= 0.6 is 0 Å². The van der Waals surface area contributed by atoms with Gasteiger partial charge in [-0.05, 0) is 56.2 Å². The van der Waals surface area contributed by atoms with Crippen molar-refractivity contribution in [2.75, 3.05) is 11.9 Å². The Labute approximate surface area is 213 Å². The molecule has 8 nitrogen and oxygen atoms in total. The van der Waals surface area contributed by atoms with E-state index in [2.05, 4.69) is 20.3 Å². The van der Waals surface area contributed by atoms with E-state index in [0.717, 1.165) is 31.4 Å². The first kappa shape index (κ1) is 26.8. The van der Waals surface area contributed by atoms with Gasteiger partial charge in [0.15, 0.2) is 11.5 Å². The highest BCUT2D eigenvalue weighted by Crippen LogP contribution is 2.34. The molecule has 1 saturated carbocycles. The summed E-state index contributed by atoms with van der Waals surface area (Å²) in [5.74, 6) is -0.108. The Balaban J connectivity index is 1.82. The smallest absolute Gasteiger partial charge is 0.416 e. The lowest BCUT2D eigenvalue weighted by atomic mass is 9.80. The molecule has 0 saturated heterocycles. The molecule has 0 spiro atoms. The Hall–Kier alpha value is -3.21. The van der Waals surface area contributed by atoms with Gasteiger partial charge in [0.2, 0.25) is 5.82 Å². The van der Waals surface area contributed by atoms with E-state index >= 15 is 0 Å². The molecule has 2 N–H and O–H groups in total. The van der Waals surface area contributed by atoms with Gasteiger partial charge in [-0.2, -0.15) is 13.2 Å². The average molecular weight is 520 g/mol. The van der Waals surface area contributed by atoms with Crippen LogP contribution in [0, 0.1) is 11.8 Å². The molecule has 0 bridgehead atoms. The number of carboxylic acids is 1. The first-order chi connectivity index (χ1) is 17.4. The molecule has 4 rings (SSSR count). The van der Waals surface area contributed by atoms with Crippen molar-refractivity contribution in [1.29, 1.82) is 0 Å². The van der Waals surface area contributed by atoms with Gasteiger partial charge in [0.25, 0.3) is 0 Å². The second kappa shape index (κ2) is 10.6. The molecule has 2 heterocycles. The number of hydrogen-bond acceptors (Lipinski definition) is 6. The number of hydrogen-bond donors (Lipinski definition) is 2. The van der Waals surface area contributed by atoms with E-state index in [1.807, 2.05) is 32.3 Å². The van der Waals surface area contributed by atoms with Crippen LogP contribution in [0.3, 0.4) is 0 Å². The summed E-state index contributed by atoms with van der Waals surface area (Å²) in [5.41, 5.74) is 0.570. The van der Waals surface area contributed by atoms with Gasteiger partial charge in [-0.15, -0.1) is 0 Å². The van der Waals surface area contributed by atoms with Crippen LogP contribution in [0.4, 0.5) is 19.0 Å². The normalized spacial score (nSPS) is 16.1. The van der Waals surface area contributed by atoms with Gasteiger partial charge in [-0.3, -0.25) is 0 Å². The Bertz CT molecular complexity index is 1250. The molecule has 3 aromatic rings. The van der Waals surface area contributed by atoms with Crippen molar-refractivity contribution in [1.82, 2.24) is 19.5 Å². The molecule has 37 heavy (non-hydrogen) atoms. The van der Waals surface area contributed by atoms with Crippen LogP contribution in [-0.2, 0) is 17.5 Å². The molecule has 0 aliphatic heterocycles. The number of carbonyl (C=O) groups is 1. The van der Waals surface area contributed by atoms with E-state index in [4.69, 9.17) is 4.74 Å². The number of carboxylic acid groups (broad SMARTS) is 1. The third kappa shape index (κ3) is 6.03. The zero-order valence-corrected chi connectivity index (χ0v) is 21.3. The van der Waals surface area contributed by atoms with Crippen LogP contribution in [-0.4, -0.2) is 43.2 Å². The highest BCUT2D eigenvalue weighted by atomic mass is 19.4. The van der Waals surface area contributed by atoms with Crippen LogP contribution in [0.15, 0.2) is 24.3 Å².